The Labute approximate surface area is 126 Å². The van der Waals surface area contributed by atoms with Gasteiger partial charge in [0.2, 0.25) is 5.91 Å². The molecule has 0 saturated heterocycles. The third-order valence-corrected chi connectivity index (χ3v) is 3.91. The van der Waals surface area contributed by atoms with Gasteiger partial charge in [0, 0.05) is 5.69 Å². The van der Waals surface area contributed by atoms with E-state index < -0.39 is 35.4 Å². The molecule has 4 N–H and O–H groups in total. The first-order valence-electron chi connectivity index (χ1n) is 7.00. The Morgan fingerprint density at radius 1 is 1.05 bits per heavy atom. The third kappa shape index (κ3) is 3.36. The van der Waals surface area contributed by atoms with Crippen molar-refractivity contribution in [3.8, 4) is 5.75 Å². The van der Waals surface area contributed by atoms with Gasteiger partial charge in [-0.3, -0.25) is 9.59 Å². The Hall–Kier alpha value is -2.57. The minimum absolute atomic E-state index is 0.218. The summed E-state index contributed by atoms with van der Waals surface area (Å²) in [5, 5.41) is 30.1. The average Bonchev–Trinajstić information content (AvgIpc) is 2.48. The van der Waals surface area contributed by atoms with Crippen molar-refractivity contribution in [2.75, 3.05) is 5.32 Å². The fourth-order valence-corrected chi connectivity index (χ4v) is 2.76. The summed E-state index contributed by atoms with van der Waals surface area (Å²) < 4.78 is 0. The van der Waals surface area contributed by atoms with Gasteiger partial charge in [-0.15, -0.1) is 0 Å². The van der Waals surface area contributed by atoms with Crippen LogP contribution in [0.3, 0.4) is 0 Å². The lowest BCUT2D eigenvalue weighted by molar-refractivity contribution is -0.147. The second-order valence-corrected chi connectivity index (χ2v) is 5.36. The minimum atomic E-state index is -1.31. The molecule has 1 aliphatic carbocycles. The van der Waals surface area contributed by atoms with Crippen molar-refractivity contribution in [1.82, 2.24) is 0 Å². The van der Waals surface area contributed by atoms with Crippen LogP contribution >= 0.6 is 0 Å². The van der Waals surface area contributed by atoms with E-state index in [9.17, 15) is 24.6 Å². The molecular formula is C15H17NO6. The van der Waals surface area contributed by atoms with Crippen LogP contribution in [0.15, 0.2) is 18.2 Å². The first-order valence-corrected chi connectivity index (χ1v) is 7.00. The van der Waals surface area contributed by atoms with Crippen molar-refractivity contribution in [3.05, 3.63) is 23.8 Å². The molecule has 1 aliphatic rings. The lowest BCUT2D eigenvalue weighted by Gasteiger charge is -2.27. The molecule has 1 fully saturated rings. The molecule has 2 rings (SSSR count). The summed E-state index contributed by atoms with van der Waals surface area (Å²) in [5.74, 6) is -4.48. The highest BCUT2D eigenvalue weighted by molar-refractivity contribution is 5.97. The number of carbonyl (C=O) groups excluding carboxylic acids is 1. The number of anilines is 1. The number of phenols is 1. The van der Waals surface area contributed by atoms with E-state index in [4.69, 9.17) is 5.11 Å². The molecule has 2 atom stereocenters. The molecule has 7 heteroatoms. The van der Waals surface area contributed by atoms with E-state index in [1.165, 1.54) is 12.1 Å². The largest absolute Gasteiger partial charge is 0.507 e. The molecule has 0 heterocycles. The topological polar surface area (TPSA) is 124 Å². The molecule has 1 aromatic rings. The highest BCUT2D eigenvalue weighted by atomic mass is 16.4. The number of carbonyl (C=O) groups is 3. The number of carboxylic acid groups (broad SMARTS) is 2. The second-order valence-electron chi connectivity index (χ2n) is 5.36. The third-order valence-electron chi connectivity index (χ3n) is 3.91. The number of hydrogen-bond acceptors (Lipinski definition) is 4. The lowest BCUT2D eigenvalue weighted by Crippen LogP contribution is -2.36. The summed E-state index contributed by atoms with van der Waals surface area (Å²) >= 11 is 0. The van der Waals surface area contributed by atoms with Gasteiger partial charge in [0.05, 0.1) is 11.8 Å². The molecule has 0 aromatic heterocycles. The maximum absolute atomic E-state index is 12.3. The molecule has 7 nitrogen and oxygen atoms in total. The lowest BCUT2D eigenvalue weighted by atomic mass is 9.78. The Kier molecular flexibility index (Phi) is 4.65. The van der Waals surface area contributed by atoms with Gasteiger partial charge in [-0.05, 0) is 31.0 Å². The van der Waals surface area contributed by atoms with Gasteiger partial charge in [0.25, 0.3) is 0 Å². The maximum atomic E-state index is 12.3. The van der Waals surface area contributed by atoms with E-state index in [-0.39, 0.29) is 11.3 Å². The number of aliphatic carboxylic acids is 1. The van der Waals surface area contributed by atoms with Gasteiger partial charge in [-0.25, -0.2) is 4.79 Å². The Bertz CT molecular complexity index is 612. The Balaban J connectivity index is 2.16. The van der Waals surface area contributed by atoms with Crippen molar-refractivity contribution < 1.29 is 29.7 Å². The van der Waals surface area contributed by atoms with Crippen molar-refractivity contribution in [1.29, 1.82) is 0 Å². The molecule has 1 saturated carbocycles. The quantitative estimate of drug-likeness (QED) is 0.630. The van der Waals surface area contributed by atoms with Crippen LogP contribution in [0.5, 0.6) is 5.75 Å². The van der Waals surface area contributed by atoms with Gasteiger partial charge in [-0.1, -0.05) is 12.8 Å². The van der Waals surface area contributed by atoms with Crippen LogP contribution < -0.4 is 5.32 Å². The number of carboxylic acids is 2. The zero-order chi connectivity index (χ0) is 16.3. The molecule has 0 aliphatic heterocycles. The highest BCUT2D eigenvalue weighted by Gasteiger charge is 2.35. The smallest absolute Gasteiger partial charge is 0.339 e. The van der Waals surface area contributed by atoms with E-state index in [0.717, 1.165) is 18.9 Å². The number of aromatic carboxylic acids is 1. The monoisotopic (exact) mass is 307 g/mol. The number of amides is 1. The predicted molar refractivity (Wildman–Crippen MR) is 76.8 cm³/mol. The molecule has 2 unspecified atom stereocenters. The first kappa shape index (κ1) is 15.8. The van der Waals surface area contributed by atoms with E-state index in [2.05, 4.69) is 5.32 Å². The predicted octanol–water partition coefficient (Wildman–Crippen LogP) is 1.92. The van der Waals surface area contributed by atoms with Crippen LogP contribution in [0.2, 0.25) is 0 Å². The van der Waals surface area contributed by atoms with Crippen molar-refractivity contribution in [2.45, 2.75) is 25.7 Å². The Morgan fingerprint density at radius 2 is 1.68 bits per heavy atom. The van der Waals surface area contributed by atoms with Gasteiger partial charge >= 0.3 is 11.9 Å². The number of aromatic hydroxyl groups is 1. The Morgan fingerprint density at radius 3 is 2.27 bits per heavy atom. The van der Waals surface area contributed by atoms with Gasteiger partial charge in [0.15, 0.2) is 0 Å². The van der Waals surface area contributed by atoms with Gasteiger partial charge in [-0.2, -0.15) is 0 Å². The normalized spacial score (nSPS) is 21.1. The second kappa shape index (κ2) is 6.46. The van der Waals surface area contributed by atoms with E-state index in [1.54, 1.807) is 0 Å². The molecule has 118 valence electrons. The van der Waals surface area contributed by atoms with E-state index in [1.807, 2.05) is 0 Å². The highest BCUT2D eigenvalue weighted by Crippen LogP contribution is 2.31. The van der Waals surface area contributed by atoms with Crippen molar-refractivity contribution >= 4 is 23.5 Å². The van der Waals surface area contributed by atoms with Crippen LogP contribution in [0.25, 0.3) is 0 Å². The molecule has 1 amide bonds. The SMILES string of the molecule is O=C(O)c1cc(NC(=O)C2CCCCC2C(=O)O)ccc1O. The van der Waals surface area contributed by atoms with Crippen molar-refractivity contribution in [3.63, 3.8) is 0 Å². The molecule has 22 heavy (non-hydrogen) atoms. The molecule has 0 bridgehead atoms. The van der Waals surface area contributed by atoms with Crippen LogP contribution in [-0.4, -0.2) is 33.2 Å². The van der Waals surface area contributed by atoms with Crippen LogP contribution in [-0.2, 0) is 9.59 Å². The first-order chi connectivity index (χ1) is 10.4. The number of nitrogens with one attached hydrogen (secondary N) is 1. The summed E-state index contributed by atoms with van der Waals surface area (Å²) in [4.78, 5) is 34.4. The average molecular weight is 307 g/mol. The van der Waals surface area contributed by atoms with E-state index in [0.29, 0.717) is 12.8 Å². The molecular weight excluding hydrogens is 290 g/mol. The molecule has 0 radical (unpaired) electrons. The van der Waals surface area contributed by atoms with Crippen LogP contribution in [0.1, 0.15) is 36.0 Å². The summed E-state index contributed by atoms with van der Waals surface area (Å²) in [7, 11) is 0. The van der Waals surface area contributed by atoms with Crippen LogP contribution in [0, 0.1) is 11.8 Å². The summed E-state index contributed by atoms with van der Waals surface area (Å²) in [6.07, 6.45) is 2.52. The van der Waals surface area contributed by atoms with E-state index >= 15 is 0 Å². The summed E-state index contributed by atoms with van der Waals surface area (Å²) in [6, 6.07) is 3.70. The fourth-order valence-electron chi connectivity index (χ4n) is 2.76. The molecule has 0 spiro atoms. The maximum Gasteiger partial charge on any atom is 0.339 e. The molecule has 1 aromatic carbocycles. The van der Waals surface area contributed by atoms with Gasteiger partial charge < -0.3 is 20.6 Å². The van der Waals surface area contributed by atoms with Crippen molar-refractivity contribution in [2.24, 2.45) is 11.8 Å². The number of rotatable bonds is 4. The zero-order valence-electron chi connectivity index (χ0n) is 11.8. The number of benzene rings is 1. The zero-order valence-corrected chi connectivity index (χ0v) is 11.8. The standard InChI is InChI=1S/C15H17NO6/c17-12-6-5-8(7-11(12)15(21)22)16-13(18)9-3-1-2-4-10(9)14(19)20/h5-7,9-10,17H,1-4H2,(H,16,18)(H,19,20)(H,21,22). The van der Waals surface area contributed by atoms with Gasteiger partial charge in [0.1, 0.15) is 11.3 Å². The number of hydrogen-bond donors (Lipinski definition) is 4. The minimum Gasteiger partial charge on any atom is -0.507 e. The summed E-state index contributed by atoms with van der Waals surface area (Å²) in [6.45, 7) is 0. The fraction of sp³-hybridized carbons (Fsp3) is 0.400. The summed E-state index contributed by atoms with van der Waals surface area (Å²) in [5.41, 5.74) is -0.105. The van der Waals surface area contributed by atoms with Crippen LogP contribution in [0.4, 0.5) is 5.69 Å².